The first-order valence-electron chi connectivity index (χ1n) is 7.72. The number of anilines is 1. The fraction of sp³-hybridized carbons (Fsp3) is 0.412. The third kappa shape index (κ3) is 2.54. The lowest BCUT2D eigenvalue weighted by atomic mass is 9.92. The standard InChI is InChI=1S/C17H18N2O4/c1-9(2)18-12-5-3-4-11-15(12)17(23)19(16(11)22)13-7-6-10(20)8-14(13)21/h3-5,9,13,18H,6-8H2,1-2H3. The highest BCUT2D eigenvalue weighted by Crippen LogP contribution is 2.33. The van der Waals surface area contributed by atoms with E-state index in [1.807, 2.05) is 13.8 Å². The van der Waals surface area contributed by atoms with Crippen molar-refractivity contribution in [1.82, 2.24) is 4.90 Å². The molecule has 0 bridgehead atoms. The quantitative estimate of drug-likeness (QED) is 0.679. The van der Waals surface area contributed by atoms with Gasteiger partial charge in [-0.25, -0.2) is 0 Å². The van der Waals surface area contributed by atoms with Crippen LogP contribution >= 0.6 is 0 Å². The number of hydrogen-bond acceptors (Lipinski definition) is 5. The molecule has 23 heavy (non-hydrogen) atoms. The molecule has 0 saturated heterocycles. The molecular formula is C17H18N2O4. The van der Waals surface area contributed by atoms with Gasteiger partial charge in [0.15, 0.2) is 5.78 Å². The average Bonchev–Trinajstić information content (AvgIpc) is 2.72. The van der Waals surface area contributed by atoms with Gasteiger partial charge in [-0.1, -0.05) is 6.07 Å². The van der Waals surface area contributed by atoms with E-state index in [9.17, 15) is 19.2 Å². The smallest absolute Gasteiger partial charge is 0.264 e. The predicted molar refractivity (Wildman–Crippen MR) is 83.4 cm³/mol. The molecular weight excluding hydrogens is 296 g/mol. The normalized spacial score (nSPS) is 21.2. The fourth-order valence-corrected chi connectivity index (χ4v) is 3.15. The summed E-state index contributed by atoms with van der Waals surface area (Å²) in [6, 6.07) is 4.34. The lowest BCUT2D eigenvalue weighted by Gasteiger charge is -2.27. The van der Waals surface area contributed by atoms with Crippen LogP contribution in [0.3, 0.4) is 0 Å². The van der Waals surface area contributed by atoms with E-state index in [1.165, 1.54) is 0 Å². The first-order valence-corrected chi connectivity index (χ1v) is 7.72. The van der Waals surface area contributed by atoms with Crippen molar-refractivity contribution in [3.63, 3.8) is 0 Å². The number of nitrogens with zero attached hydrogens (tertiary/aromatic N) is 1. The van der Waals surface area contributed by atoms with Crippen molar-refractivity contribution in [2.75, 3.05) is 5.32 Å². The number of carbonyl (C=O) groups excluding carboxylic acids is 4. The molecule has 2 amide bonds. The molecule has 0 spiro atoms. The zero-order valence-electron chi connectivity index (χ0n) is 13.1. The topological polar surface area (TPSA) is 83.6 Å². The summed E-state index contributed by atoms with van der Waals surface area (Å²) in [5.74, 6) is -1.40. The molecule has 0 aromatic heterocycles. The number of benzene rings is 1. The number of Topliss-reactive ketones (excluding diaryl/α,β-unsaturated/α-hetero) is 2. The van der Waals surface area contributed by atoms with Crippen LogP contribution in [0.4, 0.5) is 5.69 Å². The average molecular weight is 314 g/mol. The molecule has 1 aliphatic heterocycles. The van der Waals surface area contributed by atoms with Crippen molar-refractivity contribution in [3.8, 4) is 0 Å². The van der Waals surface area contributed by atoms with Crippen molar-refractivity contribution >= 4 is 29.1 Å². The van der Waals surface area contributed by atoms with Crippen LogP contribution in [0, 0.1) is 0 Å². The van der Waals surface area contributed by atoms with Crippen molar-refractivity contribution in [2.24, 2.45) is 0 Å². The minimum Gasteiger partial charge on any atom is -0.382 e. The summed E-state index contributed by atoms with van der Waals surface area (Å²) >= 11 is 0. The number of imide groups is 1. The summed E-state index contributed by atoms with van der Waals surface area (Å²) in [4.78, 5) is 49.9. The first-order chi connectivity index (χ1) is 10.9. The number of rotatable bonds is 3. The first kappa shape index (κ1) is 15.4. The minimum absolute atomic E-state index is 0.104. The van der Waals surface area contributed by atoms with Gasteiger partial charge < -0.3 is 5.32 Å². The molecule has 120 valence electrons. The Bertz CT molecular complexity index is 723. The fourth-order valence-electron chi connectivity index (χ4n) is 3.15. The van der Waals surface area contributed by atoms with Crippen LogP contribution in [0.5, 0.6) is 0 Å². The summed E-state index contributed by atoms with van der Waals surface area (Å²) in [6.07, 6.45) is 0.242. The van der Waals surface area contributed by atoms with Crippen LogP contribution in [-0.2, 0) is 9.59 Å². The Morgan fingerprint density at radius 3 is 2.52 bits per heavy atom. The highest BCUT2D eigenvalue weighted by Gasteiger charge is 2.45. The van der Waals surface area contributed by atoms with Gasteiger partial charge in [0.1, 0.15) is 5.78 Å². The summed E-state index contributed by atoms with van der Waals surface area (Å²) < 4.78 is 0. The molecule has 6 nitrogen and oxygen atoms in total. The van der Waals surface area contributed by atoms with E-state index in [0.717, 1.165) is 4.90 Å². The van der Waals surface area contributed by atoms with Gasteiger partial charge >= 0.3 is 0 Å². The van der Waals surface area contributed by atoms with Gasteiger partial charge in [0, 0.05) is 18.2 Å². The van der Waals surface area contributed by atoms with E-state index in [4.69, 9.17) is 0 Å². The predicted octanol–water partition coefficient (Wildman–Crippen LogP) is 1.79. The van der Waals surface area contributed by atoms with E-state index in [0.29, 0.717) is 16.8 Å². The highest BCUT2D eigenvalue weighted by molar-refractivity contribution is 6.25. The van der Waals surface area contributed by atoms with Gasteiger partial charge in [0.25, 0.3) is 11.8 Å². The second kappa shape index (κ2) is 5.61. The molecule has 0 radical (unpaired) electrons. The van der Waals surface area contributed by atoms with Crippen LogP contribution in [0.25, 0.3) is 0 Å². The van der Waals surface area contributed by atoms with E-state index < -0.39 is 17.9 Å². The molecule has 1 aliphatic carbocycles. The zero-order chi connectivity index (χ0) is 16.7. The van der Waals surface area contributed by atoms with E-state index in [1.54, 1.807) is 18.2 Å². The SMILES string of the molecule is CC(C)Nc1cccc2c1C(=O)N(C1CCC(=O)CC1=O)C2=O. The Labute approximate surface area is 133 Å². The second-order valence-corrected chi connectivity index (χ2v) is 6.24. The zero-order valence-corrected chi connectivity index (χ0v) is 13.1. The van der Waals surface area contributed by atoms with Crippen molar-refractivity contribution in [2.45, 2.75) is 45.2 Å². The molecule has 3 rings (SSSR count). The number of hydrogen-bond donors (Lipinski definition) is 1. The lowest BCUT2D eigenvalue weighted by molar-refractivity contribution is -0.132. The van der Waals surface area contributed by atoms with Gasteiger partial charge in [-0.05, 0) is 32.4 Å². The number of nitrogens with one attached hydrogen (secondary N) is 1. The van der Waals surface area contributed by atoms with Gasteiger partial charge in [-0.15, -0.1) is 0 Å². The third-order valence-electron chi connectivity index (χ3n) is 4.14. The number of carbonyl (C=O) groups is 4. The van der Waals surface area contributed by atoms with E-state index in [-0.39, 0.29) is 36.9 Å². The van der Waals surface area contributed by atoms with Gasteiger partial charge in [0.2, 0.25) is 0 Å². The largest absolute Gasteiger partial charge is 0.382 e. The molecule has 1 heterocycles. The number of ketones is 2. The maximum atomic E-state index is 12.8. The van der Waals surface area contributed by atoms with E-state index >= 15 is 0 Å². The monoisotopic (exact) mass is 314 g/mol. The van der Waals surface area contributed by atoms with Gasteiger partial charge in [-0.3, -0.25) is 24.1 Å². The van der Waals surface area contributed by atoms with Crippen LogP contribution in [-0.4, -0.2) is 40.4 Å². The van der Waals surface area contributed by atoms with Gasteiger partial charge in [0.05, 0.1) is 23.6 Å². The number of fused-ring (bicyclic) bond motifs is 1. The summed E-state index contributed by atoms with van der Waals surface area (Å²) in [6.45, 7) is 3.88. The maximum absolute atomic E-state index is 12.8. The second-order valence-electron chi connectivity index (χ2n) is 6.24. The summed E-state index contributed by atoms with van der Waals surface area (Å²) in [5.41, 5.74) is 1.22. The number of amides is 2. The molecule has 6 heteroatoms. The molecule has 1 aromatic carbocycles. The molecule has 1 fully saturated rings. The molecule has 1 atom stereocenters. The summed E-state index contributed by atoms with van der Waals surface area (Å²) in [5, 5.41) is 3.16. The molecule has 1 unspecified atom stereocenters. The maximum Gasteiger partial charge on any atom is 0.264 e. The van der Waals surface area contributed by atoms with Crippen LogP contribution in [0.1, 0.15) is 53.8 Å². The highest BCUT2D eigenvalue weighted by atomic mass is 16.2. The minimum atomic E-state index is -0.827. The van der Waals surface area contributed by atoms with Gasteiger partial charge in [-0.2, -0.15) is 0 Å². The molecule has 1 N–H and O–H groups in total. The summed E-state index contributed by atoms with van der Waals surface area (Å²) in [7, 11) is 0. The van der Waals surface area contributed by atoms with Crippen LogP contribution in [0.2, 0.25) is 0 Å². The Hall–Kier alpha value is -2.50. The van der Waals surface area contributed by atoms with Crippen LogP contribution < -0.4 is 5.32 Å². The lowest BCUT2D eigenvalue weighted by Crippen LogP contribution is -2.47. The van der Waals surface area contributed by atoms with Crippen molar-refractivity contribution in [3.05, 3.63) is 29.3 Å². The van der Waals surface area contributed by atoms with Crippen LogP contribution in [0.15, 0.2) is 18.2 Å². The molecule has 1 aromatic rings. The van der Waals surface area contributed by atoms with E-state index in [2.05, 4.69) is 5.32 Å². The van der Waals surface area contributed by atoms with Crippen molar-refractivity contribution in [1.29, 1.82) is 0 Å². The van der Waals surface area contributed by atoms with Crippen molar-refractivity contribution < 1.29 is 19.2 Å². The molecule has 1 saturated carbocycles. The Kier molecular flexibility index (Phi) is 3.75. The Morgan fingerprint density at radius 1 is 1.13 bits per heavy atom. The Balaban J connectivity index is 1.98. The molecule has 2 aliphatic rings. The third-order valence-corrected chi connectivity index (χ3v) is 4.14. The Morgan fingerprint density at radius 2 is 1.87 bits per heavy atom.